The quantitative estimate of drug-likeness (QED) is 0.538. The lowest BCUT2D eigenvalue weighted by Crippen LogP contribution is -2.36. The molecule has 2 heterocycles. The van der Waals surface area contributed by atoms with Gasteiger partial charge in [-0.3, -0.25) is 0 Å². The molecule has 36 heavy (non-hydrogen) atoms. The Bertz CT molecular complexity index is 1160. The summed E-state index contributed by atoms with van der Waals surface area (Å²) in [7, 11) is -4.16. The van der Waals surface area contributed by atoms with Gasteiger partial charge in [0.2, 0.25) is 10.0 Å². The monoisotopic (exact) mass is 527 g/mol. The molecule has 2 unspecified atom stereocenters. The Morgan fingerprint density at radius 3 is 2.47 bits per heavy atom. The minimum absolute atomic E-state index is 0.0382. The highest BCUT2D eigenvalue weighted by Gasteiger charge is 2.37. The maximum atomic E-state index is 13.6. The maximum Gasteiger partial charge on any atom is 0.416 e. The highest BCUT2D eigenvalue weighted by atomic mass is 32.2. The third kappa shape index (κ3) is 5.88. The third-order valence-corrected chi connectivity index (χ3v) is 8.55. The molecule has 0 radical (unpaired) electrons. The summed E-state index contributed by atoms with van der Waals surface area (Å²) >= 11 is 0. The van der Waals surface area contributed by atoms with Crippen LogP contribution in [-0.2, 0) is 27.5 Å². The number of alkyl halides is 3. The second-order valence-electron chi connectivity index (χ2n) is 9.90. The summed E-state index contributed by atoms with van der Waals surface area (Å²) in [5, 5.41) is 10.9. The van der Waals surface area contributed by atoms with Crippen molar-refractivity contribution < 1.29 is 36.2 Å². The lowest BCUT2D eigenvalue weighted by atomic mass is 9.87. The van der Waals surface area contributed by atoms with E-state index in [1.54, 1.807) is 13.8 Å². The van der Waals surface area contributed by atoms with E-state index in [9.17, 15) is 26.7 Å². The largest absolute Gasteiger partial charge is 0.490 e. The molecule has 0 amide bonds. The van der Waals surface area contributed by atoms with E-state index in [1.807, 2.05) is 0 Å². The highest BCUT2D eigenvalue weighted by Crippen LogP contribution is 2.40. The second-order valence-corrected chi connectivity index (χ2v) is 11.8. The maximum absolute atomic E-state index is 13.6. The van der Waals surface area contributed by atoms with Crippen molar-refractivity contribution in [3.05, 3.63) is 59.2 Å². The molecule has 4 rings (SSSR count). The Balaban J connectivity index is 1.63. The predicted molar refractivity (Wildman–Crippen MR) is 128 cm³/mol. The fourth-order valence-electron chi connectivity index (χ4n) is 4.92. The van der Waals surface area contributed by atoms with Crippen LogP contribution in [0, 0.1) is 11.8 Å². The number of rotatable bonds is 7. The number of hydrogen-bond acceptors (Lipinski definition) is 5. The van der Waals surface area contributed by atoms with Gasteiger partial charge < -0.3 is 14.6 Å². The van der Waals surface area contributed by atoms with Crippen molar-refractivity contribution >= 4 is 10.0 Å². The Morgan fingerprint density at radius 2 is 1.81 bits per heavy atom. The van der Waals surface area contributed by atoms with E-state index in [4.69, 9.17) is 9.47 Å². The van der Waals surface area contributed by atoms with E-state index < -0.39 is 34.4 Å². The zero-order valence-corrected chi connectivity index (χ0v) is 21.2. The van der Waals surface area contributed by atoms with E-state index in [-0.39, 0.29) is 34.9 Å². The van der Waals surface area contributed by atoms with E-state index in [2.05, 4.69) is 0 Å². The van der Waals surface area contributed by atoms with Crippen LogP contribution in [0.25, 0.3) is 0 Å². The van der Waals surface area contributed by atoms with E-state index >= 15 is 0 Å². The van der Waals surface area contributed by atoms with Crippen LogP contribution in [0.5, 0.6) is 5.75 Å². The summed E-state index contributed by atoms with van der Waals surface area (Å²) in [6, 6.07) is 9.32. The van der Waals surface area contributed by atoms with Crippen molar-refractivity contribution in [1.29, 1.82) is 0 Å². The molecular weight excluding hydrogens is 495 g/mol. The van der Waals surface area contributed by atoms with Gasteiger partial charge in [-0.25, -0.2) is 8.42 Å². The number of ether oxygens (including phenoxy) is 2. The fraction of sp³-hybridized carbons (Fsp3) is 0.538. The van der Waals surface area contributed by atoms with Crippen molar-refractivity contribution in [2.75, 3.05) is 19.8 Å². The number of fused-ring (bicyclic) bond motifs is 1. The average molecular weight is 528 g/mol. The smallest absolute Gasteiger partial charge is 0.416 e. The van der Waals surface area contributed by atoms with Crippen LogP contribution < -0.4 is 4.74 Å². The number of benzene rings is 2. The zero-order chi connectivity index (χ0) is 26.1. The molecule has 0 aromatic heterocycles. The van der Waals surface area contributed by atoms with Crippen LogP contribution in [0.1, 0.15) is 55.9 Å². The molecule has 0 saturated carbocycles. The van der Waals surface area contributed by atoms with Gasteiger partial charge in [-0.1, -0.05) is 32.0 Å². The Morgan fingerprint density at radius 1 is 1.11 bits per heavy atom. The molecular formula is C26H32F3NO5S. The van der Waals surface area contributed by atoms with E-state index in [0.29, 0.717) is 30.9 Å². The van der Waals surface area contributed by atoms with Crippen molar-refractivity contribution in [3.63, 3.8) is 0 Å². The number of hydrogen-bond donors (Lipinski definition) is 1. The van der Waals surface area contributed by atoms with Crippen LogP contribution >= 0.6 is 0 Å². The molecule has 0 bridgehead atoms. The minimum Gasteiger partial charge on any atom is -0.490 e. The van der Waals surface area contributed by atoms with Crippen LogP contribution in [0.2, 0.25) is 0 Å². The lowest BCUT2D eigenvalue weighted by Gasteiger charge is -2.36. The summed E-state index contributed by atoms with van der Waals surface area (Å²) in [5.74, 6) is 0.562. The SMILES string of the molecule is CC(C)CN(Cc1ccccc1C(F)(F)F)S(=O)(=O)c1ccc2c(c1)C(O)CC(C1CCOCC1)O2. The van der Waals surface area contributed by atoms with Gasteiger partial charge >= 0.3 is 6.18 Å². The van der Waals surface area contributed by atoms with E-state index in [1.165, 1.54) is 36.4 Å². The van der Waals surface area contributed by atoms with Gasteiger partial charge in [0, 0.05) is 44.2 Å². The second kappa shape index (κ2) is 10.7. The van der Waals surface area contributed by atoms with Crippen molar-refractivity contribution in [2.45, 2.75) is 62.9 Å². The molecule has 2 aromatic carbocycles. The standard InChI is InChI=1S/C26H32F3NO5S/c1-17(2)15-30(16-19-5-3-4-6-22(19)26(27,28)29)36(32,33)20-7-8-24-21(13-20)23(31)14-25(35-24)18-9-11-34-12-10-18/h3-8,13,17-18,23,25,31H,9-12,14-16H2,1-2H3. The lowest BCUT2D eigenvalue weighted by molar-refractivity contribution is -0.138. The predicted octanol–water partition coefficient (Wildman–Crippen LogP) is 5.16. The molecule has 10 heteroatoms. The number of aliphatic hydroxyl groups excluding tert-OH is 1. The molecule has 0 spiro atoms. The summed E-state index contributed by atoms with van der Waals surface area (Å²) in [6.07, 6.45) is -3.67. The molecule has 198 valence electrons. The Hall–Kier alpha value is -2.14. The summed E-state index contributed by atoms with van der Waals surface area (Å²) in [5.41, 5.74) is -0.600. The van der Waals surface area contributed by atoms with Gasteiger partial charge in [0.25, 0.3) is 0 Å². The molecule has 2 atom stereocenters. The van der Waals surface area contributed by atoms with Crippen LogP contribution in [0.3, 0.4) is 0 Å². The van der Waals surface area contributed by atoms with Gasteiger partial charge in [-0.15, -0.1) is 0 Å². The van der Waals surface area contributed by atoms with Gasteiger partial charge in [-0.2, -0.15) is 17.5 Å². The summed E-state index contributed by atoms with van der Waals surface area (Å²) in [6.45, 7) is 4.52. The molecule has 0 aliphatic carbocycles. The highest BCUT2D eigenvalue weighted by molar-refractivity contribution is 7.89. The van der Waals surface area contributed by atoms with Gasteiger partial charge in [-0.05, 0) is 48.6 Å². The molecule has 2 aliphatic heterocycles. The van der Waals surface area contributed by atoms with E-state index in [0.717, 1.165) is 23.2 Å². The number of nitrogens with zero attached hydrogens (tertiary/aromatic N) is 1. The number of sulfonamides is 1. The van der Waals surface area contributed by atoms with Crippen molar-refractivity contribution in [3.8, 4) is 5.75 Å². The molecule has 2 aromatic rings. The van der Waals surface area contributed by atoms with Gasteiger partial charge in [0.15, 0.2) is 0 Å². The van der Waals surface area contributed by atoms with Crippen LogP contribution in [-0.4, -0.2) is 43.7 Å². The topological polar surface area (TPSA) is 76.1 Å². The normalized spacial score (nSPS) is 21.4. The molecule has 6 nitrogen and oxygen atoms in total. The first-order chi connectivity index (χ1) is 17.0. The first-order valence-corrected chi connectivity index (χ1v) is 13.6. The zero-order valence-electron chi connectivity index (χ0n) is 20.4. The molecule has 1 N–H and O–H groups in total. The van der Waals surface area contributed by atoms with Gasteiger partial charge in [0.1, 0.15) is 11.9 Å². The Kier molecular flexibility index (Phi) is 7.99. The first kappa shape index (κ1) is 26.9. The first-order valence-electron chi connectivity index (χ1n) is 12.2. The third-order valence-electron chi connectivity index (χ3n) is 6.74. The number of aliphatic hydroxyl groups is 1. The average Bonchev–Trinajstić information content (AvgIpc) is 2.83. The summed E-state index contributed by atoms with van der Waals surface area (Å²) < 4.78 is 80.6. The van der Waals surface area contributed by atoms with Crippen molar-refractivity contribution in [2.24, 2.45) is 11.8 Å². The molecule has 1 fully saturated rings. The van der Waals surface area contributed by atoms with Crippen LogP contribution in [0.15, 0.2) is 47.4 Å². The van der Waals surface area contributed by atoms with Gasteiger partial charge in [0.05, 0.1) is 16.6 Å². The fourth-order valence-corrected chi connectivity index (χ4v) is 6.54. The van der Waals surface area contributed by atoms with Crippen LogP contribution in [0.4, 0.5) is 13.2 Å². The molecule has 2 aliphatic rings. The minimum atomic E-state index is -4.60. The molecule has 1 saturated heterocycles. The summed E-state index contributed by atoms with van der Waals surface area (Å²) in [4.78, 5) is -0.0847. The van der Waals surface area contributed by atoms with Crippen molar-refractivity contribution in [1.82, 2.24) is 4.31 Å². The number of halogens is 3. The Labute approximate surface area is 210 Å².